The summed E-state index contributed by atoms with van der Waals surface area (Å²) in [6.07, 6.45) is 4.27. The number of anilines is 1. The number of hydrogen-bond acceptors (Lipinski definition) is 7. The molecular formula is C24H31N3O4S. The molecule has 2 aromatic rings. The van der Waals surface area contributed by atoms with Crippen LogP contribution < -0.4 is 5.32 Å². The highest BCUT2D eigenvalue weighted by atomic mass is 32.2. The first-order chi connectivity index (χ1) is 15.5. The molecule has 7 nitrogen and oxygen atoms in total. The van der Waals surface area contributed by atoms with Crippen molar-refractivity contribution in [1.82, 2.24) is 4.98 Å². The predicted molar refractivity (Wildman–Crippen MR) is 128 cm³/mol. The number of nitrogens with one attached hydrogen (secondary N) is 2. The van der Waals surface area contributed by atoms with E-state index in [0.29, 0.717) is 32.3 Å². The Morgan fingerprint density at radius 3 is 2.81 bits per heavy atom. The van der Waals surface area contributed by atoms with E-state index in [-0.39, 0.29) is 17.8 Å². The van der Waals surface area contributed by atoms with E-state index in [1.54, 1.807) is 11.8 Å². The van der Waals surface area contributed by atoms with E-state index in [1.807, 2.05) is 6.92 Å². The fourth-order valence-corrected chi connectivity index (χ4v) is 5.94. The van der Waals surface area contributed by atoms with Crippen LogP contribution in [0.3, 0.4) is 0 Å². The summed E-state index contributed by atoms with van der Waals surface area (Å²) in [7, 11) is 0. The number of carbonyl (C=O) groups is 1. The first kappa shape index (κ1) is 21.8. The molecule has 3 heterocycles. The van der Waals surface area contributed by atoms with Crippen LogP contribution in [0.2, 0.25) is 0 Å². The summed E-state index contributed by atoms with van der Waals surface area (Å²) < 4.78 is 16.8. The van der Waals surface area contributed by atoms with Crippen molar-refractivity contribution in [2.45, 2.75) is 63.8 Å². The van der Waals surface area contributed by atoms with Crippen molar-refractivity contribution >= 4 is 39.4 Å². The molecule has 2 aliphatic heterocycles. The van der Waals surface area contributed by atoms with Crippen LogP contribution in [0.15, 0.2) is 23.2 Å². The van der Waals surface area contributed by atoms with E-state index in [0.717, 1.165) is 53.4 Å². The quantitative estimate of drug-likeness (QED) is 0.626. The van der Waals surface area contributed by atoms with Crippen LogP contribution in [0.5, 0.6) is 0 Å². The number of H-pyrrole nitrogens is 1. The van der Waals surface area contributed by atoms with Gasteiger partial charge < -0.3 is 24.5 Å². The molecule has 0 radical (unpaired) electrons. The zero-order valence-corrected chi connectivity index (χ0v) is 19.6. The molecule has 2 N–H and O–H groups in total. The summed E-state index contributed by atoms with van der Waals surface area (Å²) in [5.41, 5.74) is 4.48. The largest absolute Gasteiger partial charge is 0.466 e. The Balaban J connectivity index is 1.31. The number of thioether (sulfide) groups is 1. The van der Waals surface area contributed by atoms with Gasteiger partial charge in [0.2, 0.25) is 0 Å². The summed E-state index contributed by atoms with van der Waals surface area (Å²) in [4.78, 5) is 20.2. The van der Waals surface area contributed by atoms with E-state index in [2.05, 4.69) is 35.4 Å². The lowest BCUT2D eigenvalue weighted by Gasteiger charge is -2.36. The molecule has 1 aromatic carbocycles. The van der Waals surface area contributed by atoms with Gasteiger partial charge >= 0.3 is 5.97 Å². The molecule has 2 fully saturated rings. The van der Waals surface area contributed by atoms with Crippen LogP contribution in [0.4, 0.5) is 5.69 Å². The van der Waals surface area contributed by atoms with Crippen LogP contribution in [-0.2, 0) is 19.0 Å². The highest BCUT2D eigenvalue weighted by Crippen LogP contribution is 2.38. The summed E-state index contributed by atoms with van der Waals surface area (Å²) >= 11 is 1.70. The number of carbonyl (C=O) groups excluding carboxylic acids is 1. The van der Waals surface area contributed by atoms with Crippen molar-refractivity contribution in [2.24, 2.45) is 4.99 Å². The third-order valence-corrected chi connectivity index (χ3v) is 7.59. The summed E-state index contributed by atoms with van der Waals surface area (Å²) in [6.45, 7) is 5.80. The van der Waals surface area contributed by atoms with E-state index in [4.69, 9.17) is 19.2 Å². The smallest absolute Gasteiger partial charge is 0.307 e. The van der Waals surface area contributed by atoms with Crippen molar-refractivity contribution in [3.8, 4) is 0 Å². The van der Waals surface area contributed by atoms with Gasteiger partial charge in [0, 0.05) is 30.0 Å². The average molecular weight is 458 g/mol. The summed E-state index contributed by atoms with van der Waals surface area (Å²) in [6, 6.07) is 6.96. The Morgan fingerprint density at radius 1 is 1.28 bits per heavy atom. The number of benzene rings is 1. The maximum Gasteiger partial charge on any atom is 0.307 e. The van der Waals surface area contributed by atoms with Crippen LogP contribution in [0.25, 0.3) is 10.9 Å². The Bertz CT molecular complexity index is 1020. The van der Waals surface area contributed by atoms with Gasteiger partial charge in [-0.25, -0.2) is 0 Å². The van der Waals surface area contributed by atoms with Crippen molar-refractivity contribution in [3.63, 3.8) is 0 Å². The maximum absolute atomic E-state index is 11.8. The Labute approximate surface area is 192 Å². The van der Waals surface area contributed by atoms with Crippen LogP contribution in [0.1, 0.15) is 50.3 Å². The molecule has 172 valence electrons. The molecule has 1 spiro atoms. The van der Waals surface area contributed by atoms with Gasteiger partial charge in [-0.1, -0.05) is 0 Å². The number of esters is 1. The first-order valence-corrected chi connectivity index (χ1v) is 12.6. The highest BCUT2D eigenvalue weighted by Gasteiger charge is 2.40. The summed E-state index contributed by atoms with van der Waals surface area (Å²) in [5.74, 6) is 0.295. The van der Waals surface area contributed by atoms with Gasteiger partial charge in [0.25, 0.3) is 0 Å². The third-order valence-electron chi connectivity index (χ3n) is 6.44. The van der Waals surface area contributed by atoms with Gasteiger partial charge in [-0.15, -0.1) is 11.8 Å². The number of aromatic amines is 1. The van der Waals surface area contributed by atoms with E-state index < -0.39 is 0 Å². The minimum atomic E-state index is -0.336. The number of fused-ring (bicyclic) bond motifs is 1. The molecular weight excluding hydrogens is 426 g/mol. The Kier molecular flexibility index (Phi) is 6.18. The predicted octanol–water partition coefficient (Wildman–Crippen LogP) is 4.39. The lowest BCUT2D eigenvalue weighted by atomic mass is 9.90. The van der Waals surface area contributed by atoms with E-state index >= 15 is 0 Å². The monoisotopic (exact) mass is 457 g/mol. The molecule has 1 saturated carbocycles. The zero-order valence-electron chi connectivity index (χ0n) is 18.7. The second-order valence-corrected chi connectivity index (χ2v) is 9.90. The van der Waals surface area contributed by atoms with Gasteiger partial charge in [-0.2, -0.15) is 0 Å². The van der Waals surface area contributed by atoms with Crippen LogP contribution in [-0.4, -0.2) is 59.4 Å². The van der Waals surface area contributed by atoms with Crippen molar-refractivity contribution < 1.29 is 19.0 Å². The maximum atomic E-state index is 11.8. The first-order valence-electron chi connectivity index (χ1n) is 11.6. The standard InChI is InChI=1S/C24H31N3O4S/c1-3-29-21(28)13-18-14-32-23(26-18)20-12-16-10-15(2)11-19(22(16)27-20)25-17-4-6-24(7-5-17)30-8-9-31-24/h10-12,17-18,25,27H,3-9,13-14H2,1-2H3/t18-/m1/s1. The minimum Gasteiger partial charge on any atom is -0.466 e. The van der Waals surface area contributed by atoms with Crippen molar-refractivity contribution in [2.75, 3.05) is 30.9 Å². The summed E-state index contributed by atoms with van der Waals surface area (Å²) in [5, 5.41) is 5.92. The van der Waals surface area contributed by atoms with E-state index in [1.165, 1.54) is 10.9 Å². The number of aryl methyl sites for hydroxylation is 1. The molecule has 1 aromatic heterocycles. The van der Waals surface area contributed by atoms with Gasteiger partial charge in [0.15, 0.2) is 5.79 Å². The molecule has 8 heteroatoms. The molecule has 1 aliphatic carbocycles. The van der Waals surface area contributed by atoms with Crippen molar-refractivity contribution in [3.05, 3.63) is 29.5 Å². The van der Waals surface area contributed by atoms with Gasteiger partial charge in [-0.05, 0) is 50.5 Å². The Morgan fingerprint density at radius 2 is 2.06 bits per heavy atom. The van der Waals surface area contributed by atoms with Gasteiger partial charge in [0.1, 0.15) is 5.04 Å². The Hall–Kier alpha value is -2.03. The molecule has 0 unspecified atom stereocenters. The minimum absolute atomic E-state index is 0.0191. The number of nitrogens with zero attached hydrogens (tertiary/aromatic N) is 1. The zero-order chi connectivity index (χ0) is 22.1. The lowest BCUT2D eigenvalue weighted by Crippen LogP contribution is -2.39. The van der Waals surface area contributed by atoms with Gasteiger partial charge in [0.05, 0.1) is 49.2 Å². The van der Waals surface area contributed by atoms with Crippen LogP contribution >= 0.6 is 11.8 Å². The second-order valence-electron chi connectivity index (χ2n) is 8.89. The highest BCUT2D eigenvalue weighted by molar-refractivity contribution is 8.14. The number of rotatable bonds is 6. The normalized spacial score (nSPS) is 23.1. The topological polar surface area (TPSA) is 84.9 Å². The number of hydrogen-bond donors (Lipinski definition) is 2. The molecule has 0 amide bonds. The number of aliphatic imine (C=N–C) groups is 1. The molecule has 0 bridgehead atoms. The number of ether oxygens (including phenoxy) is 3. The van der Waals surface area contributed by atoms with E-state index in [9.17, 15) is 4.79 Å². The van der Waals surface area contributed by atoms with Crippen molar-refractivity contribution in [1.29, 1.82) is 0 Å². The molecule has 1 saturated heterocycles. The molecule has 5 rings (SSSR count). The SMILES string of the molecule is CCOC(=O)C[C@@H]1CSC(c2cc3cc(C)cc(NC4CCC5(CC4)OCCO5)c3[nH]2)=N1. The molecule has 3 aliphatic rings. The second kappa shape index (κ2) is 9.08. The average Bonchev–Trinajstić information content (AvgIpc) is 3.50. The molecule has 32 heavy (non-hydrogen) atoms. The lowest BCUT2D eigenvalue weighted by molar-refractivity contribution is -0.177. The number of aromatic nitrogens is 1. The third kappa shape index (κ3) is 4.54. The molecule has 1 atom stereocenters. The fraction of sp³-hybridized carbons (Fsp3) is 0.583. The van der Waals surface area contributed by atoms with Gasteiger partial charge in [-0.3, -0.25) is 9.79 Å². The fourth-order valence-electron chi connectivity index (χ4n) is 4.91. The van der Waals surface area contributed by atoms with Crippen LogP contribution in [0, 0.1) is 6.92 Å².